The summed E-state index contributed by atoms with van der Waals surface area (Å²) in [6.07, 6.45) is 11.9. The number of allylic oxidation sites excluding steroid dienone is 1. The number of fused-ring (bicyclic) bond motifs is 6. The van der Waals surface area contributed by atoms with Crippen LogP contribution in [0.25, 0.3) is 10.4 Å². The first-order chi connectivity index (χ1) is 26.2. The quantitative estimate of drug-likeness (QED) is 0.0407. The first-order valence-corrected chi connectivity index (χ1v) is 21.7. The van der Waals surface area contributed by atoms with Crippen molar-refractivity contribution in [1.29, 1.82) is 0 Å². The van der Waals surface area contributed by atoms with Crippen molar-refractivity contribution >= 4 is 35.1 Å². The molecular formula is C42H61N5O7S. The van der Waals surface area contributed by atoms with E-state index in [0.717, 1.165) is 44.1 Å². The maximum atomic E-state index is 13.7. The molecule has 302 valence electrons. The molecule has 2 amide bonds. The lowest BCUT2D eigenvalue weighted by Crippen LogP contribution is -2.70. The Hall–Kier alpha value is -2.88. The molecule has 0 spiro atoms. The van der Waals surface area contributed by atoms with Gasteiger partial charge in [0.2, 0.25) is 5.91 Å². The molecule has 12 nitrogen and oxygen atoms in total. The molecule has 6 aliphatic rings. The van der Waals surface area contributed by atoms with Crippen LogP contribution in [0, 0.1) is 64.6 Å². The average molecular weight is 780 g/mol. The van der Waals surface area contributed by atoms with Crippen LogP contribution in [-0.2, 0) is 19.2 Å². The lowest BCUT2D eigenvalue weighted by Gasteiger charge is -2.63. The van der Waals surface area contributed by atoms with Crippen LogP contribution in [-0.4, -0.2) is 85.6 Å². The Labute approximate surface area is 330 Å². The van der Waals surface area contributed by atoms with Crippen LogP contribution in [0.4, 0.5) is 0 Å². The molecule has 0 aromatic heterocycles. The van der Waals surface area contributed by atoms with E-state index < -0.39 is 24.4 Å². The standard InChI is InChI=1S/C42H61N5O7S/c1-6-8-25(19-26(48)9-7-18-44-46-43)20-32(50)36-24(3)22-55-40-35(39(54)47(36)40)45-33(51)13-10-23(2)28-11-12-29-34-30(15-17-41(28,29)4)42(5)16-14-27(49)21-31(42)37(52)38(34)53/h1,23,25,27-31,34-35,37-38,40,49,52-53H,7-22H2,2-5H3,(H,45,51). The van der Waals surface area contributed by atoms with Gasteiger partial charge in [-0.05, 0) is 128 Å². The number of terminal acetylenes is 1. The molecule has 2 heterocycles. The minimum Gasteiger partial charge on any atom is -0.393 e. The average Bonchev–Trinajstić information content (AvgIpc) is 3.51. The second kappa shape index (κ2) is 16.9. The van der Waals surface area contributed by atoms with Crippen molar-refractivity contribution in [2.45, 2.75) is 147 Å². The second-order valence-corrected chi connectivity index (χ2v) is 19.4. The Morgan fingerprint density at radius 1 is 1.05 bits per heavy atom. The lowest BCUT2D eigenvalue weighted by molar-refractivity contribution is -0.223. The Balaban J connectivity index is 1.02. The fraction of sp³-hybridized carbons (Fsp3) is 0.810. The maximum absolute atomic E-state index is 13.7. The summed E-state index contributed by atoms with van der Waals surface area (Å²) in [5, 5.41) is 39.5. The van der Waals surface area contributed by atoms with Crippen LogP contribution in [0.3, 0.4) is 0 Å². The smallest absolute Gasteiger partial charge is 0.253 e. The van der Waals surface area contributed by atoms with E-state index >= 15 is 0 Å². The first-order valence-electron chi connectivity index (χ1n) is 20.6. The van der Waals surface area contributed by atoms with Crippen molar-refractivity contribution in [3.05, 3.63) is 21.7 Å². The number of ketones is 2. The number of carbonyl (C=O) groups excluding carboxylic acids is 4. The van der Waals surface area contributed by atoms with Crippen molar-refractivity contribution in [3.63, 3.8) is 0 Å². The molecule has 4 aliphatic carbocycles. The van der Waals surface area contributed by atoms with Gasteiger partial charge in [0.25, 0.3) is 5.91 Å². The van der Waals surface area contributed by atoms with E-state index in [4.69, 9.17) is 12.0 Å². The number of nitrogens with zero attached hydrogens (tertiary/aromatic N) is 4. The lowest BCUT2D eigenvalue weighted by atomic mass is 9.43. The summed E-state index contributed by atoms with van der Waals surface area (Å²) in [7, 11) is 0. The van der Waals surface area contributed by atoms with Crippen LogP contribution in [0.5, 0.6) is 0 Å². The highest BCUT2D eigenvalue weighted by molar-refractivity contribution is 8.00. The molecule has 0 aromatic carbocycles. The molecule has 14 atom stereocenters. The molecule has 5 fully saturated rings. The third-order valence-corrected chi connectivity index (χ3v) is 16.7. The van der Waals surface area contributed by atoms with Gasteiger partial charge in [0.05, 0.1) is 24.0 Å². The van der Waals surface area contributed by atoms with Crippen LogP contribution in [0.15, 0.2) is 16.4 Å². The first kappa shape index (κ1) is 41.7. The SMILES string of the molecule is C#CCC(CC(=O)CCCN=[N+]=[N-])CC(=O)C1=C(C)CSC2C(NC(=O)CCC(C)C3CCC4C5C(O)C(O)C6CC(O)CCC6(C)C5CCC34C)C(=O)N12. The minimum absolute atomic E-state index is 0.00501. The summed E-state index contributed by atoms with van der Waals surface area (Å²) in [6.45, 7) is 8.96. The zero-order valence-electron chi connectivity index (χ0n) is 33.0. The van der Waals surface area contributed by atoms with Crippen LogP contribution in [0.1, 0.15) is 118 Å². The molecular weight excluding hydrogens is 719 g/mol. The van der Waals surface area contributed by atoms with E-state index in [9.17, 15) is 34.5 Å². The van der Waals surface area contributed by atoms with Crippen molar-refractivity contribution in [3.8, 4) is 12.3 Å². The van der Waals surface area contributed by atoms with Crippen molar-refractivity contribution in [2.24, 2.45) is 57.4 Å². The number of rotatable bonds is 15. The highest BCUT2D eigenvalue weighted by atomic mass is 32.2. The molecule has 4 N–H and O–H groups in total. The number of aliphatic hydroxyl groups excluding tert-OH is 3. The normalized spacial score (nSPS) is 38.9. The monoisotopic (exact) mass is 779 g/mol. The zero-order valence-corrected chi connectivity index (χ0v) is 33.8. The molecule has 4 saturated carbocycles. The van der Waals surface area contributed by atoms with Gasteiger partial charge >= 0.3 is 0 Å². The number of azide groups is 1. The van der Waals surface area contributed by atoms with E-state index in [-0.39, 0.29) is 95.5 Å². The van der Waals surface area contributed by atoms with E-state index in [1.54, 1.807) is 0 Å². The predicted molar refractivity (Wildman–Crippen MR) is 210 cm³/mol. The maximum Gasteiger partial charge on any atom is 0.253 e. The van der Waals surface area contributed by atoms with Crippen molar-refractivity contribution in [1.82, 2.24) is 10.2 Å². The second-order valence-electron chi connectivity index (χ2n) is 18.3. The summed E-state index contributed by atoms with van der Waals surface area (Å²) < 4.78 is 0. The number of Topliss-reactive ketones (excluding diaryl/α,β-unsaturated/α-hetero) is 2. The Morgan fingerprint density at radius 2 is 1.78 bits per heavy atom. The summed E-state index contributed by atoms with van der Waals surface area (Å²) in [6, 6.07) is -0.711. The van der Waals surface area contributed by atoms with Crippen molar-refractivity contribution < 1.29 is 34.5 Å². The Kier molecular flexibility index (Phi) is 12.8. The topological polar surface area (TPSA) is 193 Å². The number of nitrogens with one attached hydrogen (secondary N) is 1. The molecule has 0 aromatic rings. The fourth-order valence-corrected chi connectivity index (χ4v) is 13.7. The molecule has 14 unspecified atom stereocenters. The number of β-lactam (4-membered cyclic amide) rings is 1. The van der Waals surface area contributed by atoms with E-state index in [1.165, 1.54) is 16.7 Å². The number of carbonyl (C=O) groups is 4. The van der Waals surface area contributed by atoms with E-state index in [1.807, 2.05) is 6.92 Å². The number of amides is 2. The van der Waals surface area contributed by atoms with Gasteiger partial charge < -0.3 is 20.6 Å². The van der Waals surface area contributed by atoms with E-state index in [0.29, 0.717) is 54.9 Å². The van der Waals surface area contributed by atoms with Crippen molar-refractivity contribution in [2.75, 3.05) is 12.3 Å². The zero-order chi connectivity index (χ0) is 39.8. The molecule has 2 aliphatic heterocycles. The van der Waals surface area contributed by atoms with Crippen LogP contribution in [0.2, 0.25) is 0 Å². The van der Waals surface area contributed by atoms with Gasteiger partial charge in [-0.25, -0.2) is 0 Å². The number of aliphatic hydroxyl groups is 3. The van der Waals surface area contributed by atoms with Gasteiger partial charge in [-0.1, -0.05) is 25.9 Å². The van der Waals surface area contributed by atoms with Gasteiger partial charge in [-0.3, -0.25) is 24.1 Å². The Bertz CT molecular complexity index is 1640. The van der Waals surface area contributed by atoms with Gasteiger partial charge in [0, 0.05) is 49.3 Å². The molecule has 1 saturated heterocycles. The highest BCUT2D eigenvalue weighted by Gasteiger charge is 2.65. The van der Waals surface area contributed by atoms with Gasteiger partial charge in [0.1, 0.15) is 17.2 Å². The number of hydrogen-bond acceptors (Lipinski definition) is 9. The van der Waals surface area contributed by atoms with Gasteiger partial charge in [0.15, 0.2) is 5.78 Å². The van der Waals surface area contributed by atoms with Crippen LogP contribution < -0.4 is 5.32 Å². The fourth-order valence-electron chi connectivity index (χ4n) is 12.4. The minimum atomic E-state index is -0.820. The van der Waals surface area contributed by atoms with Gasteiger partial charge in [-0.2, -0.15) is 0 Å². The van der Waals surface area contributed by atoms with Crippen LogP contribution >= 0.6 is 11.8 Å². The summed E-state index contributed by atoms with van der Waals surface area (Å²) in [4.78, 5) is 57.4. The number of hydrogen-bond donors (Lipinski definition) is 4. The molecule has 0 bridgehead atoms. The third-order valence-electron chi connectivity index (χ3n) is 15.2. The summed E-state index contributed by atoms with van der Waals surface area (Å²) in [5.41, 5.74) is 9.51. The Morgan fingerprint density at radius 3 is 2.51 bits per heavy atom. The number of thioether (sulfide) groups is 1. The molecule has 55 heavy (non-hydrogen) atoms. The third kappa shape index (κ3) is 7.88. The summed E-state index contributed by atoms with van der Waals surface area (Å²) in [5.74, 6) is 3.24. The molecule has 6 rings (SSSR count). The molecule has 13 heteroatoms. The van der Waals surface area contributed by atoms with E-state index in [2.05, 4.69) is 42.0 Å². The summed E-state index contributed by atoms with van der Waals surface area (Å²) >= 11 is 1.53. The largest absolute Gasteiger partial charge is 0.393 e. The molecule has 0 radical (unpaired) electrons. The van der Waals surface area contributed by atoms with Gasteiger partial charge in [-0.15, -0.1) is 24.1 Å². The highest BCUT2D eigenvalue weighted by Crippen LogP contribution is 2.68. The predicted octanol–water partition coefficient (Wildman–Crippen LogP) is 5.69.